The van der Waals surface area contributed by atoms with Crippen LogP contribution in [0.4, 0.5) is 5.69 Å². The summed E-state index contributed by atoms with van der Waals surface area (Å²) < 4.78 is 5.34. The Balaban J connectivity index is 2.32. The van der Waals surface area contributed by atoms with Crippen LogP contribution in [0, 0.1) is 0 Å². The quantitative estimate of drug-likeness (QED) is 0.661. The topological polar surface area (TPSA) is 52.3 Å². The molecule has 92 valence electrons. The molecule has 2 N–H and O–H groups in total. The average molecular weight is 241 g/mol. The van der Waals surface area contributed by atoms with Gasteiger partial charge in [-0.25, -0.2) is 0 Å². The number of carbonyl (C=O) groups is 1. The molecule has 0 heterocycles. The number of ether oxygens (including phenoxy) is 1. The van der Waals surface area contributed by atoms with Crippen molar-refractivity contribution in [2.24, 2.45) is 0 Å². The van der Waals surface area contributed by atoms with Gasteiger partial charge in [0, 0.05) is 22.9 Å². The van der Waals surface area contributed by atoms with Crippen molar-refractivity contribution in [3.05, 3.63) is 59.7 Å². The molecule has 2 aromatic carbocycles. The van der Waals surface area contributed by atoms with E-state index in [0.717, 1.165) is 0 Å². The van der Waals surface area contributed by atoms with Crippen LogP contribution in [0.2, 0.25) is 0 Å². The van der Waals surface area contributed by atoms with Gasteiger partial charge in [0.2, 0.25) is 0 Å². The number of benzene rings is 2. The number of ketones is 1. The summed E-state index contributed by atoms with van der Waals surface area (Å²) in [6, 6.07) is 14.2. The molecule has 0 unspecified atom stereocenters. The van der Waals surface area contributed by atoms with Gasteiger partial charge in [-0.15, -0.1) is 0 Å². The molecule has 0 atom stereocenters. The van der Waals surface area contributed by atoms with Crippen molar-refractivity contribution in [2.75, 3.05) is 12.3 Å². The lowest BCUT2D eigenvalue weighted by molar-refractivity contribution is 0.103. The molecular weight excluding hydrogens is 226 g/mol. The van der Waals surface area contributed by atoms with Crippen LogP contribution in [0.1, 0.15) is 22.8 Å². The van der Waals surface area contributed by atoms with Gasteiger partial charge in [0.25, 0.3) is 0 Å². The lowest BCUT2D eigenvalue weighted by Crippen LogP contribution is -2.05. The van der Waals surface area contributed by atoms with Gasteiger partial charge < -0.3 is 10.5 Å². The molecule has 0 amide bonds. The number of nitrogens with two attached hydrogens (primary N) is 1. The summed E-state index contributed by atoms with van der Waals surface area (Å²) in [6.45, 7) is 2.48. The summed E-state index contributed by atoms with van der Waals surface area (Å²) in [6.07, 6.45) is 0. The van der Waals surface area contributed by atoms with Gasteiger partial charge in [-0.3, -0.25) is 4.79 Å². The molecular formula is C15H15NO2. The molecule has 2 aromatic rings. The minimum atomic E-state index is -0.0730. The number of anilines is 1. The number of carbonyl (C=O) groups excluding carboxylic acids is 1. The van der Waals surface area contributed by atoms with E-state index in [2.05, 4.69) is 0 Å². The fraction of sp³-hybridized carbons (Fsp3) is 0.133. The second-order valence-electron chi connectivity index (χ2n) is 3.88. The lowest BCUT2D eigenvalue weighted by Gasteiger charge is -2.08. The number of hydrogen-bond acceptors (Lipinski definition) is 3. The van der Waals surface area contributed by atoms with E-state index < -0.39 is 0 Å². The number of rotatable bonds is 4. The zero-order valence-electron chi connectivity index (χ0n) is 10.2. The summed E-state index contributed by atoms with van der Waals surface area (Å²) in [5, 5.41) is 0. The van der Waals surface area contributed by atoms with E-state index in [-0.39, 0.29) is 5.78 Å². The predicted molar refractivity (Wildman–Crippen MR) is 71.9 cm³/mol. The second kappa shape index (κ2) is 5.36. The van der Waals surface area contributed by atoms with Crippen LogP contribution in [0.25, 0.3) is 0 Å². The minimum Gasteiger partial charge on any atom is -0.494 e. The highest BCUT2D eigenvalue weighted by atomic mass is 16.5. The third kappa shape index (κ3) is 2.51. The molecule has 0 saturated carbocycles. The van der Waals surface area contributed by atoms with Crippen molar-refractivity contribution in [2.45, 2.75) is 6.92 Å². The largest absolute Gasteiger partial charge is 0.494 e. The molecule has 18 heavy (non-hydrogen) atoms. The molecule has 0 aliphatic heterocycles. The van der Waals surface area contributed by atoms with Gasteiger partial charge in [0.05, 0.1) is 6.61 Å². The highest BCUT2D eigenvalue weighted by Crippen LogP contribution is 2.22. The van der Waals surface area contributed by atoms with Crippen LogP contribution in [0.15, 0.2) is 48.5 Å². The first-order valence-corrected chi connectivity index (χ1v) is 5.84. The maximum absolute atomic E-state index is 12.2. The van der Waals surface area contributed by atoms with Crippen LogP contribution in [0.5, 0.6) is 5.75 Å². The molecule has 0 aromatic heterocycles. The zero-order chi connectivity index (χ0) is 13.0. The minimum absolute atomic E-state index is 0.0730. The Bertz CT molecular complexity index is 550. The van der Waals surface area contributed by atoms with Gasteiger partial charge in [0.15, 0.2) is 5.78 Å². The first kappa shape index (κ1) is 12.2. The lowest BCUT2D eigenvalue weighted by atomic mass is 10.0. The number of nitrogen functional groups attached to an aromatic ring is 1. The Labute approximate surface area is 106 Å². The van der Waals surface area contributed by atoms with E-state index in [1.807, 2.05) is 25.1 Å². The Kier molecular flexibility index (Phi) is 3.63. The van der Waals surface area contributed by atoms with Gasteiger partial charge in [-0.1, -0.05) is 30.3 Å². The molecule has 0 radical (unpaired) electrons. The zero-order valence-corrected chi connectivity index (χ0v) is 10.2. The fourth-order valence-electron chi connectivity index (χ4n) is 1.75. The van der Waals surface area contributed by atoms with Crippen LogP contribution in [-0.2, 0) is 0 Å². The fourth-order valence-corrected chi connectivity index (χ4v) is 1.75. The second-order valence-corrected chi connectivity index (χ2v) is 3.88. The van der Waals surface area contributed by atoms with Crippen LogP contribution < -0.4 is 10.5 Å². The normalized spacial score (nSPS) is 10.1. The highest BCUT2D eigenvalue weighted by molar-refractivity contribution is 6.12. The Morgan fingerprint density at radius 1 is 1.17 bits per heavy atom. The SMILES string of the molecule is CCOc1ccc(C(=O)c2ccccc2)c(N)c1. The molecule has 0 spiro atoms. The van der Waals surface area contributed by atoms with E-state index in [1.54, 1.807) is 30.3 Å². The average Bonchev–Trinajstić information content (AvgIpc) is 2.40. The van der Waals surface area contributed by atoms with Crippen molar-refractivity contribution in [3.63, 3.8) is 0 Å². The van der Waals surface area contributed by atoms with Gasteiger partial charge in [-0.2, -0.15) is 0 Å². The third-order valence-electron chi connectivity index (χ3n) is 2.61. The Morgan fingerprint density at radius 3 is 2.50 bits per heavy atom. The predicted octanol–water partition coefficient (Wildman–Crippen LogP) is 2.90. The van der Waals surface area contributed by atoms with Crippen molar-refractivity contribution in [3.8, 4) is 5.75 Å². The molecule has 0 saturated heterocycles. The van der Waals surface area contributed by atoms with Crippen molar-refractivity contribution in [1.82, 2.24) is 0 Å². The molecule has 0 aliphatic carbocycles. The first-order chi connectivity index (χ1) is 8.72. The van der Waals surface area contributed by atoms with E-state index in [0.29, 0.717) is 29.2 Å². The van der Waals surface area contributed by atoms with Crippen LogP contribution in [-0.4, -0.2) is 12.4 Å². The van der Waals surface area contributed by atoms with E-state index >= 15 is 0 Å². The third-order valence-corrected chi connectivity index (χ3v) is 2.61. The molecule has 3 heteroatoms. The smallest absolute Gasteiger partial charge is 0.195 e. The maximum Gasteiger partial charge on any atom is 0.195 e. The Morgan fingerprint density at radius 2 is 1.89 bits per heavy atom. The molecule has 0 bridgehead atoms. The van der Waals surface area contributed by atoms with Gasteiger partial charge in [-0.05, 0) is 19.1 Å². The Hall–Kier alpha value is -2.29. The van der Waals surface area contributed by atoms with Gasteiger partial charge in [0.1, 0.15) is 5.75 Å². The highest BCUT2D eigenvalue weighted by Gasteiger charge is 2.12. The molecule has 2 rings (SSSR count). The molecule has 3 nitrogen and oxygen atoms in total. The molecule has 0 aliphatic rings. The molecule has 0 fully saturated rings. The summed E-state index contributed by atoms with van der Waals surface area (Å²) in [7, 11) is 0. The van der Waals surface area contributed by atoms with Crippen molar-refractivity contribution >= 4 is 11.5 Å². The van der Waals surface area contributed by atoms with Crippen molar-refractivity contribution < 1.29 is 9.53 Å². The van der Waals surface area contributed by atoms with E-state index in [1.165, 1.54) is 0 Å². The van der Waals surface area contributed by atoms with Crippen molar-refractivity contribution in [1.29, 1.82) is 0 Å². The standard InChI is InChI=1S/C15H15NO2/c1-2-18-12-8-9-13(14(16)10-12)15(17)11-6-4-3-5-7-11/h3-10H,2,16H2,1H3. The van der Waals surface area contributed by atoms with Gasteiger partial charge >= 0.3 is 0 Å². The number of hydrogen-bond donors (Lipinski definition) is 1. The summed E-state index contributed by atoms with van der Waals surface area (Å²) in [5.41, 5.74) is 7.47. The summed E-state index contributed by atoms with van der Waals surface area (Å²) in [4.78, 5) is 12.2. The summed E-state index contributed by atoms with van der Waals surface area (Å²) in [5.74, 6) is 0.607. The van der Waals surface area contributed by atoms with Crippen LogP contribution in [0.3, 0.4) is 0 Å². The van der Waals surface area contributed by atoms with Crippen LogP contribution >= 0.6 is 0 Å². The van der Waals surface area contributed by atoms with E-state index in [9.17, 15) is 4.79 Å². The van der Waals surface area contributed by atoms with E-state index in [4.69, 9.17) is 10.5 Å². The summed E-state index contributed by atoms with van der Waals surface area (Å²) >= 11 is 0. The maximum atomic E-state index is 12.2. The first-order valence-electron chi connectivity index (χ1n) is 5.84. The monoisotopic (exact) mass is 241 g/mol.